The number of nitrogens with one attached hydrogen (secondary N) is 1. The van der Waals surface area contributed by atoms with Gasteiger partial charge >= 0.3 is 0 Å². The van der Waals surface area contributed by atoms with E-state index in [9.17, 15) is 14.9 Å². The Balaban J connectivity index is 2.01. The van der Waals surface area contributed by atoms with Crippen molar-refractivity contribution in [1.29, 1.82) is 0 Å². The first-order chi connectivity index (χ1) is 10.1. The number of imidazole rings is 1. The number of nitrogens with zero attached hydrogens (tertiary/aromatic N) is 4. The second-order valence-electron chi connectivity index (χ2n) is 4.39. The first kappa shape index (κ1) is 12.8. The van der Waals surface area contributed by atoms with Gasteiger partial charge in [0.2, 0.25) is 5.95 Å². The van der Waals surface area contributed by atoms with E-state index in [1.54, 1.807) is 12.1 Å². The van der Waals surface area contributed by atoms with Crippen molar-refractivity contribution in [3.63, 3.8) is 0 Å². The Labute approximate surface area is 117 Å². The lowest BCUT2D eigenvalue weighted by atomic mass is 10.2. The third kappa shape index (κ3) is 2.20. The molecule has 0 spiro atoms. The molecule has 0 bridgehead atoms. The predicted octanol–water partition coefficient (Wildman–Crippen LogP) is 0.658. The standard InChI is InChI=1S/C12H10N6O3/c13-12-16-10-9(14-6-15-10)11(19)17(12)5-7-1-3-8(4-2-7)18(20)21/h1-4,6H,5H2,(H2,13,16)(H,14,15). The van der Waals surface area contributed by atoms with Crippen molar-refractivity contribution >= 4 is 22.8 Å². The molecule has 2 aromatic heterocycles. The SMILES string of the molecule is Nc1nc2nc[nH]c2c(=O)n1Cc1ccc([N+](=O)[O-])cc1. The molecule has 0 amide bonds. The minimum Gasteiger partial charge on any atom is -0.369 e. The van der Waals surface area contributed by atoms with Gasteiger partial charge in [0.1, 0.15) is 0 Å². The lowest BCUT2D eigenvalue weighted by Gasteiger charge is -2.08. The molecule has 21 heavy (non-hydrogen) atoms. The number of hydrogen-bond donors (Lipinski definition) is 2. The molecule has 9 nitrogen and oxygen atoms in total. The van der Waals surface area contributed by atoms with E-state index in [-0.39, 0.29) is 34.9 Å². The predicted molar refractivity (Wildman–Crippen MR) is 74.8 cm³/mol. The van der Waals surface area contributed by atoms with Gasteiger partial charge in [-0.3, -0.25) is 19.5 Å². The summed E-state index contributed by atoms with van der Waals surface area (Å²) >= 11 is 0. The third-order valence-electron chi connectivity index (χ3n) is 3.06. The summed E-state index contributed by atoms with van der Waals surface area (Å²) < 4.78 is 1.28. The van der Waals surface area contributed by atoms with E-state index in [1.807, 2.05) is 0 Å². The van der Waals surface area contributed by atoms with Crippen molar-refractivity contribution in [2.45, 2.75) is 6.54 Å². The van der Waals surface area contributed by atoms with E-state index < -0.39 is 4.92 Å². The van der Waals surface area contributed by atoms with Crippen LogP contribution in [-0.4, -0.2) is 24.4 Å². The number of benzene rings is 1. The number of anilines is 1. The van der Waals surface area contributed by atoms with Gasteiger partial charge in [0.25, 0.3) is 11.2 Å². The van der Waals surface area contributed by atoms with Gasteiger partial charge in [0.05, 0.1) is 17.8 Å². The van der Waals surface area contributed by atoms with Crippen LogP contribution >= 0.6 is 0 Å². The first-order valence-corrected chi connectivity index (χ1v) is 5.99. The van der Waals surface area contributed by atoms with Crippen LogP contribution in [-0.2, 0) is 6.54 Å². The van der Waals surface area contributed by atoms with Gasteiger partial charge in [-0.25, -0.2) is 4.98 Å². The van der Waals surface area contributed by atoms with Crippen LogP contribution in [0.15, 0.2) is 35.4 Å². The van der Waals surface area contributed by atoms with Crippen LogP contribution < -0.4 is 11.3 Å². The fourth-order valence-corrected chi connectivity index (χ4v) is 2.00. The lowest BCUT2D eigenvalue weighted by Crippen LogP contribution is -2.25. The van der Waals surface area contributed by atoms with Crippen LogP contribution in [0.4, 0.5) is 11.6 Å². The molecule has 9 heteroatoms. The average molecular weight is 286 g/mol. The summed E-state index contributed by atoms with van der Waals surface area (Å²) in [5.74, 6) is 0.0398. The first-order valence-electron chi connectivity index (χ1n) is 5.99. The third-order valence-corrected chi connectivity index (χ3v) is 3.06. The largest absolute Gasteiger partial charge is 0.369 e. The fourth-order valence-electron chi connectivity index (χ4n) is 2.00. The monoisotopic (exact) mass is 286 g/mol. The van der Waals surface area contributed by atoms with E-state index in [2.05, 4.69) is 15.0 Å². The Hall–Kier alpha value is -3.23. The maximum absolute atomic E-state index is 12.3. The highest BCUT2D eigenvalue weighted by molar-refractivity contribution is 5.69. The van der Waals surface area contributed by atoms with Crippen molar-refractivity contribution < 1.29 is 4.92 Å². The molecule has 0 aliphatic rings. The van der Waals surface area contributed by atoms with Crippen LogP contribution in [0.2, 0.25) is 0 Å². The Morgan fingerprint density at radius 1 is 1.33 bits per heavy atom. The summed E-state index contributed by atoms with van der Waals surface area (Å²) in [7, 11) is 0. The summed E-state index contributed by atoms with van der Waals surface area (Å²) in [5.41, 5.74) is 6.64. The van der Waals surface area contributed by atoms with Gasteiger partial charge in [0.15, 0.2) is 11.2 Å². The summed E-state index contributed by atoms with van der Waals surface area (Å²) in [6.07, 6.45) is 1.37. The van der Waals surface area contributed by atoms with Crippen molar-refractivity contribution in [2.75, 3.05) is 5.73 Å². The van der Waals surface area contributed by atoms with Gasteiger partial charge in [0, 0.05) is 12.1 Å². The van der Waals surface area contributed by atoms with Crippen LogP contribution in [0.25, 0.3) is 11.2 Å². The molecule has 0 radical (unpaired) electrons. The van der Waals surface area contributed by atoms with E-state index >= 15 is 0 Å². The second kappa shape index (κ2) is 4.71. The van der Waals surface area contributed by atoms with Gasteiger partial charge in [-0.05, 0) is 5.56 Å². The normalized spacial score (nSPS) is 10.9. The molecule has 3 rings (SSSR count). The van der Waals surface area contributed by atoms with Gasteiger partial charge < -0.3 is 10.7 Å². The maximum Gasteiger partial charge on any atom is 0.281 e. The van der Waals surface area contributed by atoms with E-state index in [1.165, 1.54) is 23.0 Å². The second-order valence-corrected chi connectivity index (χ2v) is 4.39. The summed E-state index contributed by atoms with van der Waals surface area (Å²) in [4.78, 5) is 33.0. The highest BCUT2D eigenvalue weighted by Crippen LogP contribution is 2.13. The van der Waals surface area contributed by atoms with Crippen molar-refractivity contribution in [1.82, 2.24) is 19.5 Å². The molecule has 0 unspecified atom stereocenters. The zero-order valence-electron chi connectivity index (χ0n) is 10.7. The number of hydrogen-bond acceptors (Lipinski definition) is 6. The van der Waals surface area contributed by atoms with Crippen LogP contribution in [0.3, 0.4) is 0 Å². The minimum atomic E-state index is -0.484. The number of nitrogens with two attached hydrogens (primary N) is 1. The molecular formula is C12H10N6O3. The number of nitro benzene ring substituents is 1. The van der Waals surface area contributed by atoms with Crippen molar-refractivity contribution in [3.05, 3.63) is 56.6 Å². The molecule has 0 saturated carbocycles. The Kier molecular flexibility index (Phi) is 2.87. The molecule has 0 atom stereocenters. The van der Waals surface area contributed by atoms with Gasteiger partial charge in [-0.15, -0.1) is 0 Å². The zero-order chi connectivity index (χ0) is 15.0. The molecule has 2 heterocycles. The molecule has 0 aliphatic carbocycles. The number of rotatable bonds is 3. The number of aromatic nitrogens is 4. The summed E-state index contributed by atoms with van der Waals surface area (Å²) in [6.45, 7) is 0.171. The molecule has 3 aromatic rings. The molecule has 0 fully saturated rings. The van der Waals surface area contributed by atoms with E-state index in [0.29, 0.717) is 5.56 Å². The smallest absolute Gasteiger partial charge is 0.281 e. The summed E-state index contributed by atoms with van der Waals surface area (Å²) in [5, 5.41) is 10.6. The number of nitrogen functional groups attached to an aromatic ring is 1. The Morgan fingerprint density at radius 3 is 2.71 bits per heavy atom. The molecule has 3 N–H and O–H groups in total. The highest BCUT2D eigenvalue weighted by Gasteiger charge is 2.11. The number of aromatic amines is 1. The number of non-ortho nitro benzene ring substituents is 1. The number of H-pyrrole nitrogens is 1. The zero-order valence-corrected chi connectivity index (χ0v) is 10.7. The maximum atomic E-state index is 12.3. The van der Waals surface area contributed by atoms with Crippen LogP contribution in [0.1, 0.15) is 5.56 Å². The lowest BCUT2D eigenvalue weighted by molar-refractivity contribution is -0.384. The summed E-state index contributed by atoms with van der Waals surface area (Å²) in [6, 6.07) is 5.89. The van der Waals surface area contributed by atoms with Gasteiger partial charge in [-0.1, -0.05) is 12.1 Å². The average Bonchev–Trinajstić information content (AvgIpc) is 2.92. The Morgan fingerprint density at radius 2 is 2.05 bits per heavy atom. The minimum absolute atomic E-state index is 0.0128. The van der Waals surface area contributed by atoms with Crippen LogP contribution in [0, 0.1) is 10.1 Å². The molecule has 106 valence electrons. The molecule has 0 saturated heterocycles. The van der Waals surface area contributed by atoms with Crippen molar-refractivity contribution in [2.24, 2.45) is 0 Å². The van der Waals surface area contributed by atoms with Crippen molar-refractivity contribution in [3.8, 4) is 0 Å². The number of nitro groups is 1. The quantitative estimate of drug-likeness (QED) is 0.536. The molecule has 1 aromatic carbocycles. The topological polar surface area (TPSA) is 133 Å². The molecular weight excluding hydrogens is 276 g/mol. The number of fused-ring (bicyclic) bond motifs is 1. The highest BCUT2D eigenvalue weighted by atomic mass is 16.6. The van der Waals surface area contributed by atoms with Crippen LogP contribution in [0.5, 0.6) is 0 Å². The Bertz CT molecular complexity index is 880. The van der Waals surface area contributed by atoms with Gasteiger partial charge in [-0.2, -0.15) is 4.98 Å². The fraction of sp³-hybridized carbons (Fsp3) is 0.0833. The van der Waals surface area contributed by atoms with E-state index in [0.717, 1.165) is 0 Å². The molecule has 0 aliphatic heterocycles. The van der Waals surface area contributed by atoms with E-state index in [4.69, 9.17) is 5.73 Å².